The van der Waals surface area contributed by atoms with E-state index in [-0.39, 0.29) is 17.8 Å². The van der Waals surface area contributed by atoms with Crippen LogP contribution in [-0.4, -0.2) is 75.1 Å². The Morgan fingerprint density at radius 1 is 1.06 bits per heavy atom. The van der Waals surface area contributed by atoms with Gasteiger partial charge in [0.15, 0.2) is 0 Å². The summed E-state index contributed by atoms with van der Waals surface area (Å²) in [6, 6.07) is 9.70. The Kier molecular flexibility index (Phi) is 7.72. The minimum atomic E-state index is -0.945. The summed E-state index contributed by atoms with van der Waals surface area (Å²) in [7, 11) is 0. The van der Waals surface area contributed by atoms with Gasteiger partial charge >= 0.3 is 11.7 Å². The van der Waals surface area contributed by atoms with Gasteiger partial charge in [-0.15, -0.1) is 0 Å². The summed E-state index contributed by atoms with van der Waals surface area (Å²) in [5.41, 5.74) is 12.3. The molecule has 2 fully saturated rings. The molecular weight excluding hydrogens is 460 g/mol. The molecule has 0 spiro atoms. The Labute approximate surface area is 210 Å². The summed E-state index contributed by atoms with van der Waals surface area (Å²) in [5, 5.41) is 6.21. The molecule has 11 nitrogen and oxygen atoms in total. The van der Waals surface area contributed by atoms with Gasteiger partial charge in [0.2, 0.25) is 5.91 Å². The summed E-state index contributed by atoms with van der Waals surface area (Å²) in [4.78, 5) is 44.9. The van der Waals surface area contributed by atoms with E-state index in [1.54, 1.807) is 35.9 Å². The summed E-state index contributed by atoms with van der Waals surface area (Å²) in [5.74, 6) is 0.0362. The first kappa shape index (κ1) is 25.8. The molecule has 4 rings (SSSR count). The Bertz CT molecular complexity index is 1130. The number of carbonyl (C=O) groups is 2. The maximum absolute atomic E-state index is 12.6. The van der Waals surface area contributed by atoms with Gasteiger partial charge in [-0.25, -0.2) is 9.59 Å². The van der Waals surface area contributed by atoms with Crippen molar-refractivity contribution in [3.05, 3.63) is 52.6 Å². The van der Waals surface area contributed by atoms with Gasteiger partial charge in [-0.1, -0.05) is 12.1 Å². The number of amides is 3. The molecule has 1 unspecified atom stereocenters. The predicted molar refractivity (Wildman–Crippen MR) is 138 cm³/mol. The summed E-state index contributed by atoms with van der Waals surface area (Å²) in [6.45, 7) is 5.65. The molecule has 2 aromatic rings. The van der Waals surface area contributed by atoms with Crippen molar-refractivity contribution in [2.24, 2.45) is 11.5 Å². The molecule has 1 aromatic heterocycles. The minimum absolute atomic E-state index is 0.143. The molecule has 1 saturated heterocycles. The first-order valence-electron chi connectivity index (χ1n) is 12.4. The average molecular weight is 497 g/mol. The third-order valence-electron chi connectivity index (χ3n) is 6.73. The molecule has 194 valence electrons. The molecule has 36 heavy (non-hydrogen) atoms. The number of nitrogens with two attached hydrogens (primary N) is 2. The largest absolute Gasteiger partial charge is 0.354 e. The molecule has 0 radical (unpaired) electrons. The molecule has 3 amide bonds. The fourth-order valence-corrected chi connectivity index (χ4v) is 4.62. The lowest BCUT2D eigenvalue weighted by Gasteiger charge is -2.37. The van der Waals surface area contributed by atoms with E-state index in [1.807, 2.05) is 24.3 Å². The van der Waals surface area contributed by atoms with Crippen molar-refractivity contribution in [1.29, 1.82) is 0 Å². The highest BCUT2D eigenvalue weighted by atomic mass is 16.2. The van der Waals surface area contributed by atoms with E-state index in [1.165, 1.54) is 4.57 Å². The summed E-state index contributed by atoms with van der Waals surface area (Å²) >= 11 is 0. The van der Waals surface area contributed by atoms with E-state index in [9.17, 15) is 14.4 Å². The lowest BCUT2D eigenvalue weighted by Crippen LogP contribution is -2.58. The van der Waals surface area contributed by atoms with Gasteiger partial charge < -0.3 is 26.6 Å². The maximum Gasteiger partial charge on any atom is 0.354 e. The molecule has 1 aliphatic heterocycles. The predicted octanol–water partition coefficient (Wildman–Crippen LogP) is 0.615. The lowest BCUT2D eigenvalue weighted by atomic mass is 10.1. The summed E-state index contributed by atoms with van der Waals surface area (Å²) in [6.07, 6.45) is 4.77. The molecule has 2 aliphatic rings. The van der Waals surface area contributed by atoms with Crippen LogP contribution in [0.5, 0.6) is 0 Å². The van der Waals surface area contributed by atoms with Crippen molar-refractivity contribution in [2.75, 3.05) is 31.5 Å². The van der Waals surface area contributed by atoms with Crippen molar-refractivity contribution in [1.82, 2.24) is 24.7 Å². The number of hydrogen-bond acceptors (Lipinski definition) is 7. The molecule has 2 heterocycles. The Morgan fingerprint density at radius 3 is 2.31 bits per heavy atom. The lowest BCUT2D eigenvalue weighted by molar-refractivity contribution is -0.137. The highest BCUT2D eigenvalue weighted by Gasteiger charge is 2.31. The van der Waals surface area contributed by atoms with Gasteiger partial charge in [-0.05, 0) is 56.9 Å². The third-order valence-corrected chi connectivity index (χ3v) is 6.73. The van der Waals surface area contributed by atoms with Crippen LogP contribution in [0.4, 0.5) is 10.6 Å². The second-order valence-corrected chi connectivity index (χ2v) is 10.2. The highest BCUT2D eigenvalue weighted by molar-refractivity contribution is 5.89. The second-order valence-electron chi connectivity index (χ2n) is 10.2. The number of nitrogens with zero attached hydrogens (tertiary/aromatic N) is 4. The van der Waals surface area contributed by atoms with Crippen LogP contribution in [-0.2, 0) is 11.3 Å². The Morgan fingerprint density at radius 2 is 1.72 bits per heavy atom. The monoisotopic (exact) mass is 496 g/mol. The molecular formula is C25H36N8O3. The maximum atomic E-state index is 12.6. The van der Waals surface area contributed by atoms with Crippen molar-refractivity contribution in [3.8, 4) is 5.69 Å². The number of aromatic nitrogens is 2. The minimum Gasteiger partial charge on any atom is -0.338 e. The number of nitrogens with one attached hydrogen (secondary N) is 2. The molecule has 0 bridgehead atoms. The normalized spacial score (nSPS) is 20.4. The fraction of sp³-hybridized carbons (Fsp3) is 0.520. The van der Waals surface area contributed by atoms with Crippen LogP contribution in [0.1, 0.15) is 38.7 Å². The van der Waals surface area contributed by atoms with Crippen LogP contribution in [0.15, 0.2) is 41.3 Å². The first-order chi connectivity index (χ1) is 17.1. The zero-order valence-electron chi connectivity index (χ0n) is 20.9. The molecule has 1 aromatic carbocycles. The molecule has 6 N–H and O–H groups in total. The van der Waals surface area contributed by atoms with Crippen molar-refractivity contribution < 1.29 is 9.59 Å². The quantitative estimate of drug-likeness (QED) is 0.457. The number of hydrogen-bond donors (Lipinski definition) is 4. The Hall–Kier alpha value is -3.28. The number of benzene rings is 1. The van der Waals surface area contributed by atoms with E-state index >= 15 is 0 Å². The summed E-state index contributed by atoms with van der Waals surface area (Å²) < 4.78 is 1.43. The molecule has 11 heteroatoms. The van der Waals surface area contributed by atoms with E-state index in [0.29, 0.717) is 44.0 Å². The zero-order chi connectivity index (χ0) is 25.9. The highest BCUT2D eigenvalue weighted by Crippen LogP contribution is 2.18. The SMILES string of the molecule is CC(C)(N)C(=O)N1CCN(C(=O)Nc2ccn(-c3ccc(CNC4CC[C@@H](N)C4)cc3)c(=O)n2)CC1. The topological polar surface area (TPSA) is 152 Å². The van der Waals surface area contributed by atoms with Crippen LogP contribution in [0.3, 0.4) is 0 Å². The van der Waals surface area contributed by atoms with Gasteiger partial charge in [0.05, 0.1) is 11.2 Å². The number of piperazine rings is 1. The van der Waals surface area contributed by atoms with Crippen LogP contribution < -0.4 is 27.8 Å². The van der Waals surface area contributed by atoms with E-state index < -0.39 is 11.2 Å². The van der Waals surface area contributed by atoms with Crippen LogP contribution >= 0.6 is 0 Å². The average Bonchev–Trinajstić information content (AvgIpc) is 3.27. The van der Waals surface area contributed by atoms with Gasteiger partial charge in [-0.2, -0.15) is 4.98 Å². The van der Waals surface area contributed by atoms with Gasteiger partial charge in [0.25, 0.3) is 0 Å². The van der Waals surface area contributed by atoms with Crippen LogP contribution in [0, 0.1) is 0 Å². The van der Waals surface area contributed by atoms with E-state index in [2.05, 4.69) is 15.6 Å². The fourth-order valence-electron chi connectivity index (χ4n) is 4.62. The molecule has 1 saturated carbocycles. The molecule has 2 atom stereocenters. The smallest absolute Gasteiger partial charge is 0.338 e. The Balaban J connectivity index is 1.31. The van der Waals surface area contributed by atoms with Crippen molar-refractivity contribution >= 4 is 17.8 Å². The standard InChI is InChI=1S/C25H36N8O3/c1-25(2,27)22(34)31-11-13-32(14-12-31)23(35)29-21-9-10-33(24(36)30-21)20-7-3-17(4-8-20)16-28-19-6-5-18(26)15-19/h3-4,7-10,18-19,28H,5-6,11-16,26-27H2,1-2H3,(H,29,30,35,36)/t18-,19?/m1/s1. The van der Waals surface area contributed by atoms with Crippen molar-refractivity contribution in [2.45, 2.75) is 57.3 Å². The van der Waals surface area contributed by atoms with Crippen LogP contribution in [0.2, 0.25) is 0 Å². The number of urea groups is 1. The third kappa shape index (κ3) is 6.28. The van der Waals surface area contributed by atoms with Crippen LogP contribution in [0.25, 0.3) is 5.69 Å². The number of carbonyl (C=O) groups excluding carboxylic acids is 2. The zero-order valence-corrected chi connectivity index (χ0v) is 20.9. The van der Waals surface area contributed by atoms with E-state index in [0.717, 1.165) is 31.4 Å². The van der Waals surface area contributed by atoms with Crippen molar-refractivity contribution in [3.63, 3.8) is 0 Å². The van der Waals surface area contributed by atoms with Gasteiger partial charge in [-0.3, -0.25) is 14.7 Å². The number of rotatable bonds is 6. The van der Waals surface area contributed by atoms with E-state index in [4.69, 9.17) is 11.5 Å². The number of anilines is 1. The second kappa shape index (κ2) is 10.8. The first-order valence-corrected chi connectivity index (χ1v) is 12.4. The molecule has 1 aliphatic carbocycles. The van der Waals surface area contributed by atoms with Gasteiger partial charge in [0, 0.05) is 51.0 Å². The van der Waals surface area contributed by atoms with Gasteiger partial charge in [0.1, 0.15) is 5.82 Å².